The average Bonchev–Trinajstić information content (AvgIpc) is 2.58. The number of rotatable bonds is 5. The van der Waals surface area contributed by atoms with Crippen LogP contribution in [0.1, 0.15) is 18.1 Å². The van der Waals surface area contributed by atoms with Crippen molar-refractivity contribution in [1.29, 1.82) is 0 Å². The highest BCUT2D eigenvalue weighted by Gasteiger charge is 2.11. The van der Waals surface area contributed by atoms with E-state index in [1.165, 1.54) is 12.1 Å². The van der Waals surface area contributed by atoms with Gasteiger partial charge in [-0.2, -0.15) is 0 Å². The molecule has 0 saturated carbocycles. The summed E-state index contributed by atoms with van der Waals surface area (Å²) in [5.74, 6) is -0.324. The fourth-order valence-electron chi connectivity index (χ4n) is 3.05. The van der Waals surface area contributed by atoms with Crippen LogP contribution in [0.3, 0.4) is 0 Å². The van der Waals surface area contributed by atoms with Crippen molar-refractivity contribution >= 4 is 16.7 Å². The lowest BCUT2D eigenvalue weighted by atomic mass is 10.0. The van der Waals surface area contributed by atoms with E-state index in [1.54, 1.807) is 6.07 Å². The van der Waals surface area contributed by atoms with Crippen LogP contribution in [0.15, 0.2) is 60.7 Å². The number of carbonyl (C=O) groups excluding carboxylic acids is 1. The van der Waals surface area contributed by atoms with Gasteiger partial charge in [-0.1, -0.05) is 48.5 Å². The van der Waals surface area contributed by atoms with E-state index in [4.69, 9.17) is 0 Å². The first-order valence-electron chi connectivity index (χ1n) is 8.30. The van der Waals surface area contributed by atoms with Gasteiger partial charge in [-0.25, -0.2) is 0 Å². The summed E-state index contributed by atoms with van der Waals surface area (Å²) in [5.41, 5.74) is 1.86. The molecule has 1 atom stereocenters. The van der Waals surface area contributed by atoms with Gasteiger partial charge in [0.15, 0.2) is 11.5 Å². The summed E-state index contributed by atoms with van der Waals surface area (Å²) in [4.78, 5) is 12.4. The lowest BCUT2D eigenvalue weighted by Gasteiger charge is -2.15. The zero-order chi connectivity index (χ0) is 17.8. The molecule has 3 N–H and O–H groups in total. The van der Waals surface area contributed by atoms with Gasteiger partial charge in [0, 0.05) is 6.04 Å². The maximum absolute atomic E-state index is 12.4. The largest absolute Gasteiger partial charge is 0.504 e. The fraction of sp³-hybridized carbons (Fsp3) is 0.190. The number of phenols is 2. The number of benzene rings is 3. The van der Waals surface area contributed by atoms with Gasteiger partial charge in [0.2, 0.25) is 5.91 Å². The molecule has 0 aliphatic heterocycles. The third kappa shape index (κ3) is 4.10. The quantitative estimate of drug-likeness (QED) is 0.625. The van der Waals surface area contributed by atoms with Crippen molar-refractivity contribution in [3.05, 3.63) is 71.8 Å². The highest BCUT2D eigenvalue weighted by atomic mass is 16.3. The molecule has 3 rings (SSSR count). The highest BCUT2D eigenvalue weighted by molar-refractivity contribution is 5.90. The number of phenolic OH excluding ortho intramolecular Hbond substituents is 2. The standard InChI is InChI=1S/C21H21NO3/c1-14(11-15-9-10-19(23)20(24)12-15)22-21(25)13-17-7-4-6-16-5-2-3-8-18(16)17/h2-10,12,14,23-24H,11,13H2,1H3,(H,22,25)/t14-/m1/s1. The van der Waals surface area contributed by atoms with Crippen LogP contribution >= 0.6 is 0 Å². The summed E-state index contributed by atoms with van der Waals surface area (Å²) >= 11 is 0. The molecule has 1 amide bonds. The minimum absolute atomic E-state index is 0.0353. The van der Waals surface area contributed by atoms with E-state index in [1.807, 2.05) is 49.4 Å². The van der Waals surface area contributed by atoms with Crippen molar-refractivity contribution in [1.82, 2.24) is 5.32 Å². The SMILES string of the molecule is C[C@H](Cc1ccc(O)c(O)c1)NC(=O)Cc1cccc2ccccc12. The van der Waals surface area contributed by atoms with Gasteiger partial charge in [-0.3, -0.25) is 4.79 Å². The highest BCUT2D eigenvalue weighted by Crippen LogP contribution is 2.25. The van der Waals surface area contributed by atoms with Crippen LogP contribution < -0.4 is 5.32 Å². The Bertz CT molecular complexity index is 899. The van der Waals surface area contributed by atoms with Gasteiger partial charge in [-0.15, -0.1) is 0 Å². The summed E-state index contributed by atoms with van der Waals surface area (Å²) in [6, 6.07) is 18.6. The van der Waals surface area contributed by atoms with Crippen LogP contribution in [0, 0.1) is 0 Å². The Morgan fingerprint density at radius 1 is 1.00 bits per heavy atom. The Morgan fingerprint density at radius 3 is 2.56 bits per heavy atom. The molecule has 0 heterocycles. The Labute approximate surface area is 146 Å². The average molecular weight is 335 g/mol. The van der Waals surface area contributed by atoms with Crippen molar-refractivity contribution in [2.45, 2.75) is 25.8 Å². The number of carbonyl (C=O) groups is 1. The monoisotopic (exact) mass is 335 g/mol. The summed E-state index contributed by atoms with van der Waals surface area (Å²) in [6.07, 6.45) is 0.904. The maximum atomic E-state index is 12.4. The number of nitrogens with one attached hydrogen (secondary N) is 1. The first-order valence-corrected chi connectivity index (χ1v) is 8.30. The molecule has 0 radical (unpaired) electrons. The molecule has 4 nitrogen and oxygen atoms in total. The van der Waals surface area contributed by atoms with Crippen molar-refractivity contribution < 1.29 is 15.0 Å². The van der Waals surface area contributed by atoms with Gasteiger partial charge >= 0.3 is 0 Å². The zero-order valence-corrected chi connectivity index (χ0v) is 14.1. The van der Waals surface area contributed by atoms with E-state index in [0.717, 1.165) is 21.9 Å². The first kappa shape index (κ1) is 16.8. The van der Waals surface area contributed by atoms with Crippen molar-refractivity contribution in [2.75, 3.05) is 0 Å². The van der Waals surface area contributed by atoms with Gasteiger partial charge in [0.1, 0.15) is 0 Å². The number of aromatic hydroxyl groups is 2. The minimum atomic E-state index is -0.146. The molecule has 0 spiro atoms. The lowest BCUT2D eigenvalue weighted by molar-refractivity contribution is -0.121. The van der Waals surface area contributed by atoms with E-state index in [0.29, 0.717) is 12.8 Å². The lowest BCUT2D eigenvalue weighted by Crippen LogP contribution is -2.35. The molecule has 128 valence electrons. The maximum Gasteiger partial charge on any atom is 0.224 e. The molecule has 0 aromatic heterocycles. The van der Waals surface area contributed by atoms with Crippen LogP contribution in [0.25, 0.3) is 10.8 Å². The normalized spacial score (nSPS) is 12.0. The summed E-state index contributed by atoms with van der Waals surface area (Å²) in [6.45, 7) is 1.92. The second-order valence-corrected chi connectivity index (χ2v) is 6.31. The molecule has 25 heavy (non-hydrogen) atoms. The first-order chi connectivity index (χ1) is 12.0. The number of amides is 1. The van der Waals surface area contributed by atoms with Gasteiger partial charge in [0.25, 0.3) is 0 Å². The molecule has 0 aliphatic carbocycles. The van der Waals surface area contributed by atoms with Gasteiger partial charge in [-0.05, 0) is 47.4 Å². The van der Waals surface area contributed by atoms with Crippen LogP contribution in [-0.2, 0) is 17.6 Å². The summed E-state index contributed by atoms with van der Waals surface area (Å²) in [7, 11) is 0. The molecule has 0 fully saturated rings. The topological polar surface area (TPSA) is 69.6 Å². The third-order valence-corrected chi connectivity index (χ3v) is 4.22. The zero-order valence-electron chi connectivity index (χ0n) is 14.1. The Hall–Kier alpha value is -3.01. The molecule has 3 aromatic rings. The summed E-state index contributed by atoms with van der Waals surface area (Å²) in [5, 5.41) is 24.1. The Morgan fingerprint density at radius 2 is 1.76 bits per heavy atom. The van der Waals surface area contributed by atoms with E-state index in [9.17, 15) is 15.0 Å². The third-order valence-electron chi connectivity index (χ3n) is 4.22. The molecular formula is C21H21NO3. The van der Waals surface area contributed by atoms with Gasteiger partial charge in [0.05, 0.1) is 6.42 Å². The number of hydrogen-bond acceptors (Lipinski definition) is 3. The molecule has 3 aromatic carbocycles. The van der Waals surface area contributed by atoms with Crippen LogP contribution in [0.4, 0.5) is 0 Å². The van der Waals surface area contributed by atoms with Gasteiger partial charge < -0.3 is 15.5 Å². The number of hydrogen-bond donors (Lipinski definition) is 3. The minimum Gasteiger partial charge on any atom is -0.504 e. The second kappa shape index (κ2) is 7.26. The van der Waals surface area contributed by atoms with E-state index < -0.39 is 0 Å². The van der Waals surface area contributed by atoms with Crippen LogP contribution in [0.2, 0.25) is 0 Å². The molecule has 0 saturated heterocycles. The molecule has 0 bridgehead atoms. The van der Waals surface area contributed by atoms with E-state index in [-0.39, 0.29) is 23.4 Å². The summed E-state index contributed by atoms with van der Waals surface area (Å²) < 4.78 is 0. The van der Waals surface area contributed by atoms with Crippen LogP contribution in [-0.4, -0.2) is 22.2 Å². The van der Waals surface area contributed by atoms with Crippen molar-refractivity contribution in [2.24, 2.45) is 0 Å². The number of fused-ring (bicyclic) bond motifs is 1. The van der Waals surface area contributed by atoms with E-state index in [2.05, 4.69) is 5.32 Å². The Balaban J connectivity index is 1.64. The molecule has 0 aliphatic rings. The van der Waals surface area contributed by atoms with Crippen LogP contribution in [0.5, 0.6) is 11.5 Å². The van der Waals surface area contributed by atoms with Crippen molar-refractivity contribution in [3.8, 4) is 11.5 Å². The molecule has 0 unspecified atom stereocenters. The fourth-order valence-corrected chi connectivity index (χ4v) is 3.05. The smallest absolute Gasteiger partial charge is 0.224 e. The Kier molecular flexibility index (Phi) is 4.89. The molecular weight excluding hydrogens is 314 g/mol. The predicted molar refractivity (Wildman–Crippen MR) is 98.7 cm³/mol. The van der Waals surface area contributed by atoms with E-state index >= 15 is 0 Å². The van der Waals surface area contributed by atoms with Crippen molar-refractivity contribution in [3.63, 3.8) is 0 Å². The second-order valence-electron chi connectivity index (χ2n) is 6.31. The molecule has 4 heteroatoms. The predicted octanol–water partition coefficient (Wildman–Crippen LogP) is 3.54.